The molecular weight excluding hydrogens is 452 g/mol. The van der Waals surface area contributed by atoms with E-state index in [2.05, 4.69) is 25.6 Å². The molecule has 0 unspecified atom stereocenters. The van der Waals surface area contributed by atoms with E-state index >= 15 is 0 Å². The zero-order valence-electron chi connectivity index (χ0n) is 19.6. The van der Waals surface area contributed by atoms with Crippen LogP contribution in [0.25, 0.3) is 5.82 Å². The van der Waals surface area contributed by atoms with Crippen LogP contribution in [-0.2, 0) is 0 Å². The van der Waals surface area contributed by atoms with Gasteiger partial charge in [0.1, 0.15) is 23.7 Å². The molecule has 0 saturated heterocycles. The number of methoxy groups -OCH3 is 3. The second-order valence-electron chi connectivity index (χ2n) is 7.18. The third-order valence-electron chi connectivity index (χ3n) is 4.96. The minimum atomic E-state index is -0.441. The molecule has 0 aliphatic rings. The Morgan fingerprint density at radius 1 is 0.857 bits per heavy atom. The van der Waals surface area contributed by atoms with Crippen molar-refractivity contribution in [1.82, 2.24) is 19.5 Å². The van der Waals surface area contributed by atoms with Crippen molar-refractivity contribution in [3.63, 3.8) is 0 Å². The van der Waals surface area contributed by atoms with Gasteiger partial charge in [0, 0.05) is 36.3 Å². The minimum absolute atomic E-state index is 0.379. The Balaban J connectivity index is 1.40. The van der Waals surface area contributed by atoms with Gasteiger partial charge in [-0.3, -0.25) is 4.57 Å². The van der Waals surface area contributed by atoms with Crippen molar-refractivity contribution >= 4 is 17.4 Å². The molecule has 2 N–H and O–H groups in total. The first-order valence-corrected chi connectivity index (χ1v) is 10.5. The molecule has 0 atom stereocenters. The Kier molecular flexibility index (Phi) is 6.96. The van der Waals surface area contributed by atoms with E-state index < -0.39 is 6.03 Å². The number of nitrogens with zero attached hydrogens (tertiary/aromatic N) is 4. The second-order valence-corrected chi connectivity index (χ2v) is 7.18. The molecule has 2 heterocycles. The van der Waals surface area contributed by atoms with E-state index in [0.29, 0.717) is 46.1 Å². The monoisotopic (exact) mass is 476 g/mol. The van der Waals surface area contributed by atoms with Crippen molar-refractivity contribution in [3.05, 3.63) is 67.0 Å². The van der Waals surface area contributed by atoms with Crippen LogP contribution in [0.15, 0.2) is 61.2 Å². The van der Waals surface area contributed by atoms with Gasteiger partial charge < -0.3 is 29.6 Å². The minimum Gasteiger partial charge on any atom is -0.493 e. The number of nitrogens with one attached hydrogen (secondary N) is 2. The molecule has 0 fully saturated rings. The van der Waals surface area contributed by atoms with Gasteiger partial charge in [-0.15, -0.1) is 0 Å². The Labute approximate surface area is 201 Å². The molecule has 35 heavy (non-hydrogen) atoms. The Hall–Kier alpha value is -4.80. The van der Waals surface area contributed by atoms with E-state index in [-0.39, 0.29) is 0 Å². The lowest BCUT2D eigenvalue weighted by molar-refractivity contribution is 0.262. The van der Waals surface area contributed by atoms with E-state index in [9.17, 15) is 4.79 Å². The summed E-state index contributed by atoms with van der Waals surface area (Å²) in [5.41, 5.74) is 1.05. The fraction of sp³-hybridized carbons (Fsp3) is 0.167. The number of hydrogen-bond acceptors (Lipinski definition) is 8. The van der Waals surface area contributed by atoms with Gasteiger partial charge in [0.05, 0.1) is 27.0 Å². The fourth-order valence-corrected chi connectivity index (χ4v) is 3.31. The summed E-state index contributed by atoms with van der Waals surface area (Å²) < 4.78 is 23.6. The maximum atomic E-state index is 12.5. The van der Waals surface area contributed by atoms with Crippen LogP contribution in [0.4, 0.5) is 16.2 Å². The average molecular weight is 476 g/mol. The normalized spacial score (nSPS) is 10.4. The smallest absolute Gasteiger partial charge is 0.323 e. The molecule has 11 heteroatoms. The van der Waals surface area contributed by atoms with Gasteiger partial charge in [-0.2, -0.15) is 0 Å². The van der Waals surface area contributed by atoms with Gasteiger partial charge >= 0.3 is 6.03 Å². The lowest BCUT2D eigenvalue weighted by atomic mass is 10.2. The molecule has 0 bridgehead atoms. The van der Waals surface area contributed by atoms with E-state index in [1.165, 1.54) is 27.7 Å². The number of benzene rings is 2. The summed E-state index contributed by atoms with van der Waals surface area (Å²) in [4.78, 5) is 25.1. The Morgan fingerprint density at radius 2 is 1.54 bits per heavy atom. The maximum Gasteiger partial charge on any atom is 0.323 e. The van der Waals surface area contributed by atoms with Gasteiger partial charge in [-0.05, 0) is 31.2 Å². The molecule has 4 aromatic rings. The number of aryl methyl sites for hydroxylation is 1. The molecule has 2 aromatic carbocycles. The van der Waals surface area contributed by atoms with Crippen molar-refractivity contribution in [2.45, 2.75) is 6.92 Å². The highest BCUT2D eigenvalue weighted by Gasteiger charge is 2.14. The first-order valence-electron chi connectivity index (χ1n) is 10.5. The third-order valence-corrected chi connectivity index (χ3v) is 4.96. The molecular formula is C24H24N6O5. The van der Waals surface area contributed by atoms with Gasteiger partial charge in [-0.1, -0.05) is 0 Å². The fourth-order valence-electron chi connectivity index (χ4n) is 3.31. The summed E-state index contributed by atoms with van der Waals surface area (Å²) in [6.07, 6.45) is 4.93. The number of imidazole rings is 1. The average Bonchev–Trinajstić information content (AvgIpc) is 3.30. The molecule has 0 saturated carbocycles. The van der Waals surface area contributed by atoms with E-state index in [1.54, 1.807) is 48.7 Å². The second kappa shape index (κ2) is 10.4. The number of carbonyl (C=O) groups is 1. The predicted octanol–water partition coefficient (Wildman–Crippen LogP) is 4.43. The summed E-state index contributed by atoms with van der Waals surface area (Å²) in [5, 5.41) is 5.51. The van der Waals surface area contributed by atoms with Crippen LogP contribution >= 0.6 is 0 Å². The van der Waals surface area contributed by atoms with Crippen LogP contribution in [0.5, 0.6) is 28.9 Å². The molecule has 0 spiro atoms. The van der Waals surface area contributed by atoms with Crippen molar-refractivity contribution in [2.24, 2.45) is 0 Å². The molecule has 0 radical (unpaired) electrons. The maximum absolute atomic E-state index is 12.5. The molecule has 2 aromatic heterocycles. The topological polar surface area (TPSA) is 122 Å². The van der Waals surface area contributed by atoms with Gasteiger partial charge in [-0.25, -0.2) is 19.7 Å². The first kappa shape index (κ1) is 23.4. The van der Waals surface area contributed by atoms with E-state index in [4.69, 9.17) is 18.9 Å². The molecule has 11 nitrogen and oxygen atoms in total. The highest BCUT2D eigenvalue weighted by Crippen LogP contribution is 2.40. The zero-order valence-corrected chi connectivity index (χ0v) is 19.6. The highest BCUT2D eigenvalue weighted by molar-refractivity contribution is 6.00. The van der Waals surface area contributed by atoms with Crippen LogP contribution in [-0.4, -0.2) is 46.9 Å². The number of carbonyl (C=O) groups excluding carboxylic acids is 1. The van der Waals surface area contributed by atoms with Crippen molar-refractivity contribution in [3.8, 4) is 34.7 Å². The van der Waals surface area contributed by atoms with Gasteiger partial charge in [0.15, 0.2) is 11.5 Å². The molecule has 0 aliphatic heterocycles. The van der Waals surface area contributed by atoms with E-state index in [0.717, 1.165) is 5.82 Å². The zero-order chi connectivity index (χ0) is 24.8. The lowest BCUT2D eigenvalue weighted by Gasteiger charge is -2.15. The number of ether oxygens (including phenoxy) is 4. The number of rotatable bonds is 8. The van der Waals surface area contributed by atoms with Crippen LogP contribution in [0.3, 0.4) is 0 Å². The Bertz CT molecular complexity index is 1300. The van der Waals surface area contributed by atoms with Crippen molar-refractivity contribution in [1.29, 1.82) is 0 Å². The van der Waals surface area contributed by atoms with Crippen molar-refractivity contribution in [2.75, 3.05) is 32.0 Å². The van der Waals surface area contributed by atoms with Crippen LogP contribution in [0, 0.1) is 6.92 Å². The number of aromatic nitrogens is 4. The van der Waals surface area contributed by atoms with E-state index in [1.807, 2.05) is 17.7 Å². The molecule has 0 aliphatic carbocycles. The summed E-state index contributed by atoms with van der Waals surface area (Å²) in [7, 11) is 4.52. The first-order chi connectivity index (χ1) is 17.0. The number of urea groups is 1. The molecule has 180 valence electrons. The molecule has 4 rings (SSSR count). The van der Waals surface area contributed by atoms with Crippen LogP contribution in [0.2, 0.25) is 0 Å². The largest absolute Gasteiger partial charge is 0.493 e. The number of hydrogen-bond donors (Lipinski definition) is 2. The summed E-state index contributed by atoms with van der Waals surface area (Å²) in [6, 6.07) is 11.4. The van der Waals surface area contributed by atoms with Crippen molar-refractivity contribution < 1.29 is 23.7 Å². The Morgan fingerprint density at radius 3 is 2.14 bits per heavy atom. The summed E-state index contributed by atoms with van der Waals surface area (Å²) in [6.45, 7) is 1.88. The van der Waals surface area contributed by atoms with Crippen LogP contribution < -0.4 is 29.6 Å². The standard InChI is InChI=1S/C24H24N6O5/c1-15-25-9-10-30(15)21-13-22(27-14-26-21)35-18-7-5-16(6-8-18)28-24(31)29-17-11-19(32-2)23(34-4)20(12-17)33-3/h5-14H,1-4H3,(H2,28,29,31). The number of amides is 2. The summed E-state index contributed by atoms with van der Waals surface area (Å²) in [5.74, 6) is 3.67. The summed E-state index contributed by atoms with van der Waals surface area (Å²) >= 11 is 0. The van der Waals surface area contributed by atoms with Crippen LogP contribution in [0.1, 0.15) is 5.82 Å². The third kappa shape index (κ3) is 5.41. The highest BCUT2D eigenvalue weighted by atomic mass is 16.5. The quantitative estimate of drug-likeness (QED) is 0.383. The SMILES string of the molecule is COc1cc(NC(=O)Nc2ccc(Oc3cc(-n4ccnc4C)ncn3)cc2)cc(OC)c1OC. The van der Waals surface area contributed by atoms with Gasteiger partial charge in [0.2, 0.25) is 11.6 Å². The lowest BCUT2D eigenvalue weighted by Crippen LogP contribution is -2.19. The number of anilines is 2. The molecule has 2 amide bonds. The predicted molar refractivity (Wildman–Crippen MR) is 129 cm³/mol. The van der Waals surface area contributed by atoms with Gasteiger partial charge in [0.25, 0.3) is 0 Å².